The van der Waals surface area contributed by atoms with Crippen molar-refractivity contribution >= 4 is 5.91 Å². The number of amides is 1. The van der Waals surface area contributed by atoms with Gasteiger partial charge in [-0.15, -0.1) is 0 Å². The minimum Gasteiger partial charge on any atom is -0.351 e. The zero-order valence-corrected chi connectivity index (χ0v) is 9.91. The average molecular weight is 234 g/mol. The quantitative estimate of drug-likeness (QED) is 0.743. The zero-order chi connectivity index (χ0) is 11.7. The molecule has 1 aromatic rings. The van der Waals surface area contributed by atoms with Gasteiger partial charge in [0.2, 0.25) is 0 Å². The Hall–Kier alpha value is -1.36. The summed E-state index contributed by atoms with van der Waals surface area (Å²) in [6, 6.07) is 1.97. The number of aromatic nitrogens is 2. The Morgan fingerprint density at radius 2 is 2.29 bits per heavy atom. The van der Waals surface area contributed by atoms with Crippen molar-refractivity contribution in [3.63, 3.8) is 0 Å². The predicted octanol–water partition coefficient (Wildman–Crippen LogP) is 0.484. The van der Waals surface area contributed by atoms with Crippen molar-refractivity contribution in [2.45, 2.75) is 31.7 Å². The number of hydrogen-bond acceptors (Lipinski definition) is 3. The van der Waals surface area contributed by atoms with Gasteiger partial charge in [0.05, 0.1) is 5.69 Å². The van der Waals surface area contributed by atoms with Crippen LogP contribution in [0.15, 0.2) is 6.07 Å². The summed E-state index contributed by atoms with van der Waals surface area (Å²) in [4.78, 5) is 11.8. The molecule has 3 rings (SSSR count). The van der Waals surface area contributed by atoms with Crippen LogP contribution in [0.25, 0.3) is 0 Å². The standard InChI is InChI=1S/C12H18N4O/c17-12-11-7-10(9-3-1-4-13-8-9)15-16(11)6-2-5-14-12/h7,9,13H,1-6,8H2,(H,14,17). The molecule has 5 heteroatoms. The predicted molar refractivity (Wildman–Crippen MR) is 64.0 cm³/mol. The van der Waals surface area contributed by atoms with Crippen LogP contribution in [-0.4, -0.2) is 35.3 Å². The van der Waals surface area contributed by atoms with Crippen LogP contribution < -0.4 is 10.6 Å². The summed E-state index contributed by atoms with van der Waals surface area (Å²) in [5.74, 6) is 0.487. The van der Waals surface area contributed by atoms with Gasteiger partial charge in [-0.05, 0) is 31.9 Å². The summed E-state index contributed by atoms with van der Waals surface area (Å²) in [5.41, 5.74) is 1.80. The molecule has 0 saturated carbocycles. The van der Waals surface area contributed by atoms with Crippen LogP contribution in [0.3, 0.4) is 0 Å². The molecule has 17 heavy (non-hydrogen) atoms. The molecule has 0 bridgehead atoms. The molecule has 1 saturated heterocycles. The van der Waals surface area contributed by atoms with Crippen LogP contribution in [0.5, 0.6) is 0 Å². The average Bonchev–Trinajstić information content (AvgIpc) is 2.72. The highest BCUT2D eigenvalue weighted by atomic mass is 16.2. The third-order valence-corrected chi connectivity index (χ3v) is 3.58. The van der Waals surface area contributed by atoms with Crippen LogP contribution >= 0.6 is 0 Å². The van der Waals surface area contributed by atoms with Gasteiger partial charge >= 0.3 is 0 Å². The van der Waals surface area contributed by atoms with Gasteiger partial charge in [0.25, 0.3) is 5.91 Å². The number of piperidine rings is 1. The molecule has 1 amide bonds. The van der Waals surface area contributed by atoms with Crippen LogP contribution in [0, 0.1) is 0 Å². The second-order valence-electron chi connectivity index (χ2n) is 4.83. The summed E-state index contributed by atoms with van der Waals surface area (Å²) in [5, 5.41) is 10.9. The Labute approximate surface area is 101 Å². The van der Waals surface area contributed by atoms with Crippen molar-refractivity contribution in [3.8, 4) is 0 Å². The number of carbonyl (C=O) groups is 1. The van der Waals surface area contributed by atoms with Crippen LogP contribution in [0.2, 0.25) is 0 Å². The third-order valence-electron chi connectivity index (χ3n) is 3.58. The lowest BCUT2D eigenvalue weighted by molar-refractivity contribution is 0.0950. The van der Waals surface area contributed by atoms with Gasteiger partial charge < -0.3 is 10.6 Å². The topological polar surface area (TPSA) is 59.0 Å². The van der Waals surface area contributed by atoms with E-state index in [2.05, 4.69) is 15.7 Å². The van der Waals surface area contributed by atoms with E-state index in [9.17, 15) is 4.79 Å². The molecular formula is C12H18N4O. The highest BCUT2D eigenvalue weighted by Crippen LogP contribution is 2.23. The van der Waals surface area contributed by atoms with Gasteiger partial charge in [-0.1, -0.05) is 0 Å². The van der Waals surface area contributed by atoms with E-state index in [-0.39, 0.29) is 5.91 Å². The van der Waals surface area contributed by atoms with Crippen molar-refractivity contribution in [1.82, 2.24) is 20.4 Å². The summed E-state index contributed by atoms with van der Waals surface area (Å²) in [6.07, 6.45) is 3.33. The zero-order valence-electron chi connectivity index (χ0n) is 9.91. The molecule has 1 atom stereocenters. The molecule has 2 aliphatic heterocycles. The van der Waals surface area contributed by atoms with Gasteiger partial charge in [-0.3, -0.25) is 9.48 Å². The fourth-order valence-corrected chi connectivity index (χ4v) is 2.61. The molecule has 3 heterocycles. The highest BCUT2D eigenvalue weighted by molar-refractivity contribution is 5.92. The van der Waals surface area contributed by atoms with E-state index in [0.29, 0.717) is 5.92 Å². The summed E-state index contributed by atoms with van der Waals surface area (Å²) < 4.78 is 1.87. The number of fused-ring (bicyclic) bond motifs is 1. The van der Waals surface area contributed by atoms with E-state index in [1.54, 1.807) is 0 Å². The Kier molecular flexibility index (Phi) is 2.84. The Bertz CT molecular complexity index is 420. The van der Waals surface area contributed by atoms with Crippen molar-refractivity contribution in [2.24, 2.45) is 0 Å². The van der Waals surface area contributed by atoms with E-state index in [4.69, 9.17) is 0 Å². The maximum absolute atomic E-state index is 11.8. The molecule has 0 aliphatic carbocycles. The number of hydrogen-bond donors (Lipinski definition) is 2. The highest BCUT2D eigenvalue weighted by Gasteiger charge is 2.23. The minimum absolute atomic E-state index is 0.0185. The van der Waals surface area contributed by atoms with Gasteiger partial charge in [0, 0.05) is 25.6 Å². The molecule has 5 nitrogen and oxygen atoms in total. The second-order valence-corrected chi connectivity index (χ2v) is 4.83. The minimum atomic E-state index is 0.0185. The SMILES string of the molecule is O=C1NCCCn2nc(C3CCCNC3)cc21. The Balaban J connectivity index is 1.87. The maximum Gasteiger partial charge on any atom is 0.269 e. The largest absolute Gasteiger partial charge is 0.351 e. The normalized spacial score (nSPS) is 24.9. The number of rotatable bonds is 1. The summed E-state index contributed by atoms with van der Waals surface area (Å²) >= 11 is 0. The molecule has 1 aromatic heterocycles. The number of nitrogens with one attached hydrogen (secondary N) is 2. The Morgan fingerprint density at radius 1 is 1.35 bits per heavy atom. The molecule has 0 aromatic carbocycles. The van der Waals surface area contributed by atoms with Gasteiger partial charge in [0.1, 0.15) is 5.69 Å². The molecular weight excluding hydrogens is 216 g/mol. The number of carbonyl (C=O) groups excluding carboxylic acids is 1. The van der Waals surface area contributed by atoms with Crippen molar-refractivity contribution in [2.75, 3.05) is 19.6 Å². The van der Waals surface area contributed by atoms with E-state index in [0.717, 1.165) is 44.0 Å². The van der Waals surface area contributed by atoms with Crippen LogP contribution in [0.4, 0.5) is 0 Å². The maximum atomic E-state index is 11.8. The van der Waals surface area contributed by atoms with Gasteiger partial charge in [-0.25, -0.2) is 0 Å². The first-order valence-corrected chi connectivity index (χ1v) is 6.41. The lowest BCUT2D eigenvalue weighted by Crippen LogP contribution is -2.28. The van der Waals surface area contributed by atoms with E-state index < -0.39 is 0 Å². The lowest BCUT2D eigenvalue weighted by atomic mass is 9.96. The molecule has 0 radical (unpaired) electrons. The summed E-state index contributed by atoms with van der Waals surface area (Å²) in [7, 11) is 0. The van der Waals surface area contributed by atoms with E-state index >= 15 is 0 Å². The molecule has 2 N–H and O–H groups in total. The van der Waals surface area contributed by atoms with E-state index in [1.165, 1.54) is 12.8 Å². The van der Waals surface area contributed by atoms with Crippen molar-refractivity contribution in [1.29, 1.82) is 0 Å². The fraction of sp³-hybridized carbons (Fsp3) is 0.667. The molecule has 1 unspecified atom stereocenters. The van der Waals surface area contributed by atoms with Gasteiger partial charge in [0.15, 0.2) is 0 Å². The van der Waals surface area contributed by atoms with Crippen LogP contribution in [-0.2, 0) is 6.54 Å². The third kappa shape index (κ3) is 2.07. The van der Waals surface area contributed by atoms with E-state index in [1.807, 2.05) is 10.7 Å². The first-order valence-electron chi connectivity index (χ1n) is 6.41. The first-order chi connectivity index (χ1) is 8.34. The second kappa shape index (κ2) is 4.49. The molecule has 0 spiro atoms. The lowest BCUT2D eigenvalue weighted by Gasteiger charge is -2.20. The van der Waals surface area contributed by atoms with Crippen LogP contribution in [0.1, 0.15) is 41.4 Å². The number of aryl methyl sites for hydroxylation is 1. The molecule has 2 aliphatic rings. The molecule has 1 fully saturated rings. The summed E-state index contributed by atoms with van der Waals surface area (Å²) in [6.45, 7) is 3.68. The number of nitrogens with zero attached hydrogens (tertiary/aromatic N) is 2. The van der Waals surface area contributed by atoms with Crippen molar-refractivity contribution in [3.05, 3.63) is 17.5 Å². The smallest absolute Gasteiger partial charge is 0.269 e. The molecule has 92 valence electrons. The monoisotopic (exact) mass is 234 g/mol. The Morgan fingerprint density at radius 3 is 3.12 bits per heavy atom. The first kappa shape index (κ1) is 10.8. The van der Waals surface area contributed by atoms with Crippen molar-refractivity contribution < 1.29 is 4.79 Å². The fourth-order valence-electron chi connectivity index (χ4n) is 2.61. The van der Waals surface area contributed by atoms with Gasteiger partial charge in [-0.2, -0.15) is 5.10 Å².